The molecule has 0 saturated carbocycles. The Hall–Kier alpha value is -7.36. The topological polar surface area (TPSA) is 23.0 Å². The minimum Gasteiger partial charge on any atom is -0.456 e. The minimum absolute atomic E-state index is 0.918. The van der Waals surface area contributed by atoms with Crippen molar-refractivity contribution in [2.45, 2.75) is 12.8 Å². The zero-order valence-electron chi connectivity index (χ0n) is 31.2. The van der Waals surface area contributed by atoms with Gasteiger partial charge in [-0.15, -0.1) is 0 Å². The number of rotatable bonds is 5. The highest BCUT2D eigenvalue weighted by atomic mass is 16.3. The highest BCUT2D eigenvalue weighted by molar-refractivity contribution is 6.13. The fourth-order valence-corrected chi connectivity index (χ4v) is 9.37. The van der Waals surface area contributed by atoms with E-state index in [9.17, 15) is 0 Å². The van der Waals surface area contributed by atoms with Crippen LogP contribution in [0.2, 0.25) is 0 Å². The molecule has 0 N–H and O–H groups in total. The van der Waals surface area contributed by atoms with E-state index in [0.29, 0.717) is 0 Å². The highest BCUT2D eigenvalue weighted by Crippen LogP contribution is 2.41. The number of fused-ring (bicyclic) bond motifs is 9. The fraction of sp³-hybridized carbons (Fsp3) is 0.0370. The third kappa shape index (κ3) is 4.92. The van der Waals surface area contributed by atoms with Gasteiger partial charge in [0.05, 0.1) is 38.8 Å². The third-order valence-corrected chi connectivity index (χ3v) is 11.9. The third-order valence-electron chi connectivity index (χ3n) is 11.9. The lowest BCUT2D eigenvalue weighted by atomic mass is 10.0. The summed E-state index contributed by atoms with van der Waals surface area (Å²) < 4.78 is 11.6. The average molecular weight is 729 g/mol. The summed E-state index contributed by atoms with van der Waals surface area (Å²) in [4.78, 5) is 0. The predicted octanol–water partition coefficient (Wildman–Crippen LogP) is 13.0. The smallest absolute Gasteiger partial charge is 0.138 e. The van der Waals surface area contributed by atoms with Gasteiger partial charge in [0, 0.05) is 32.3 Å². The molecule has 0 spiro atoms. The van der Waals surface area contributed by atoms with Crippen LogP contribution in [0.25, 0.3) is 111 Å². The van der Waals surface area contributed by atoms with Gasteiger partial charge in [0.2, 0.25) is 0 Å². The van der Waals surface area contributed by atoms with Crippen LogP contribution < -0.4 is 10.6 Å². The van der Waals surface area contributed by atoms with Crippen LogP contribution in [0.3, 0.4) is 0 Å². The zero-order valence-corrected chi connectivity index (χ0v) is 31.2. The van der Waals surface area contributed by atoms with E-state index < -0.39 is 0 Å². The van der Waals surface area contributed by atoms with Gasteiger partial charge < -0.3 is 13.6 Å². The largest absolute Gasteiger partial charge is 0.456 e. The van der Waals surface area contributed by atoms with Gasteiger partial charge in [-0.25, -0.2) is 0 Å². The normalized spacial score (nSPS) is 12.7. The molecule has 0 aliphatic heterocycles. The van der Waals surface area contributed by atoms with E-state index in [2.05, 4.69) is 203 Å². The molecule has 0 bridgehead atoms. The van der Waals surface area contributed by atoms with Gasteiger partial charge >= 0.3 is 0 Å². The van der Waals surface area contributed by atoms with E-state index in [1.807, 2.05) is 0 Å². The Morgan fingerprint density at radius 3 is 1.60 bits per heavy atom. The van der Waals surface area contributed by atoms with Crippen molar-refractivity contribution in [3.8, 4) is 44.8 Å². The van der Waals surface area contributed by atoms with E-state index in [1.54, 1.807) is 0 Å². The van der Waals surface area contributed by atoms with Crippen molar-refractivity contribution in [3.63, 3.8) is 0 Å². The molecule has 0 unspecified atom stereocenters. The first-order valence-corrected chi connectivity index (χ1v) is 19.8. The Morgan fingerprint density at radius 1 is 0.368 bits per heavy atom. The van der Waals surface area contributed by atoms with Crippen LogP contribution in [-0.2, 0) is 0 Å². The predicted molar refractivity (Wildman–Crippen MR) is 239 cm³/mol. The Kier molecular flexibility index (Phi) is 7.05. The number of para-hydroxylation sites is 3. The Morgan fingerprint density at radius 2 is 0.912 bits per heavy atom. The van der Waals surface area contributed by atoms with Crippen molar-refractivity contribution < 1.29 is 4.42 Å². The Bertz CT molecular complexity index is 3510. The van der Waals surface area contributed by atoms with Crippen molar-refractivity contribution in [2.75, 3.05) is 0 Å². The van der Waals surface area contributed by atoms with Crippen LogP contribution in [0.4, 0.5) is 0 Å². The van der Waals surface area contributed by atoms with E-state index in [0.717, 1.165) is 40.5 Å². The maximum Gasteiger partial charge on any atom is 0.138 e. The second kappa shape index (κ2) is 12.6. The molecule has 0 radical (unpaired) electrons. The molecule has 0 fully saturated rings. The Balaban J connectivity index is 1.13. The first-order valence-electron chi connectivity index (χ1n) is 19.8. The molecular weight excluding hydrogens is 693 g/mol. The van der Waals surface area contributed by atoms with E-state index in [-0.39, 0.29) is 0 Å². The molecule has 3 aromatic heterocycles. The number of hydrogen-bond donors (Lipinski definition) is 0. The lowest BCUT2D eigenvalue weighted by Gasteiger charge is -2.15. The molecule has 0 saturated heterocycles. The molecule has 0 atom stereocenters. The lowest BCUT2D eigenvalue weighted by Crippen LogP contribution is -2.22. The van der Waals surface area contributed by atoms with Crippen LogP contribution in [0.5, 0.6) is 0 Å². The molecule has 57 heavy (non-hydrogen) atoms. The van der Waals surface area contributed by atoms with Gasteiger partial charge in [-0.05, 0) is 89.2 Å². The van der Waals surface area contributed by atoms with Crippen molar-refractivity contribution in [1.29, 1.82) is 0 Å². The molecule has 11 aromatic rings. The van der Waals surface area contributed by atoms with Crippen LogP contribution in [0, 0.1) is 0 Å². The monoisotopic (exact) mass is 728 g/mol. The van der Waals surface area contributed by atoms with Crippen LogP contribution >= 0.6 is 0 Å². The number of nitrogens with zero attached hydrogens (tertiary/aromatic N) is 2. The summed E-state index contributed by atoms with van der Waals surface area (Å²) in [6.07, 6.45) is 6.61. The first-order chi connectivity index (χ1) is 28.3. The van der Waals surface area contributed by atoms with Gasteiger partial charge in [-0.3, -0.25) is 0 Å². The molecule has 12 rings (SSSR count). The maximum absolute atomic E-state index is 6.66. The Labute approximate surface area is 329 Å². The van der Waals surface area contributed by atoms with Gasteiger partial charge in [0.1, 0.15) is 11.0 Å². The SMILES string of the molecule is C1=c2oc3cc(-c4ccccc4)cc(-n4c5ccccc5c5ccc(-c6ccc7c8ccccc8n(-c8ccccc8-c8ccccc8)c7c6)cc54)c3c2=CCC1. The molecular formula is C54H36N2O. The molecule has 8 aromatic carbocycles. The minimum atomic E-state index is 0.918. The van der Waals surface area contributed by atoms with E-state index in [4.69, 9.17) is 4.42 Å². The van der Waals surface area contributed by atoms with Crippen molar-refractivity contribution in [3.05, 3.63) is 193 Å². The number of furan rings is 1. The van der Waals surface area contributed by atoms with E-state index in [1.165, 1.54) is 82.3 Å². The van der Waals surface area contributed by atoms with Crippen LogP contribution in [0.1, 0.15) is 12.8 Å². The summed E-state index contributed by atoms with van der Waals surface area (Å²) >= 11 is 0. The van der Waals surface area contributed by atoms with Gasteiger partial charge in [-0.2, -0.15) is 0 Å². The van der Waals surface area contributed by atoms with Crippen molar-refractivity contribution in [2.24, 2.45) is 0 Å². The summed E-state index contributed by atoms with van der Waals surface area (Å²) in [7, 11) is 0. The molecule has 3 heterocycles. The number of benzene rings is 8. The quantitative estimate of drug-likeness (QED) is 0.173. The summed E-state index contributed by atoms with van der Waals surface area (Å²) in [5.41, 5.74) is 16.0. The summed E-state index contributed by atoms with van der Waals surface area (Å²) in [6.45, 7) is 0. The summed E-state index contributed by atoms with van der Waals surface area (Å²) in [5.74, 6) is 0. The second-order valence-corrected chi connectivity index (χ2v) is 15.2. The fourth-order valence-electron chi connectivity index (χ4n) is 9.37. The molecule has 268 valence electrons. The standard InChI is InChI=1S/C54H36N2O/c1-3-15-35(16-4-1)39-33-51(54-45-22-10-14-26-52(45)57-53(54)34-39)56-48-25-13-9-21-42(48)44-30-28-38(32-50(44)56)37-27-29-43-41-20-8-12-24-47(41)55(49(43)31-37)46-23-11-7-19-40(46)36-17-5-2-6-18-36/h1-9,11-13,15-34H,10,14H2. The maximum atomic E-state index is 6.66. The van der Waals surface area contributed by atoms with Crippen LogP contribution in [0.15, 0.2) is 186 Å². The average Bonchev–Trinajstić information content (AvgIpc) is 3.94. The summed E-state index contributed by atoms with van der Waals surface area (Å²) in [6, 6.07) is 66.3. The molecule has 1 aliphatic rings. The van der Waals surface area contributed by atoms with Crippen molar-refractivity contribution in [1.82, 2.24) is 9.13 Å². The molecule has 3 nitrogen and oxygen atoms in total. The molecule has 0 amide bonds. The van der Waals surface area contributed by atoms with Gasteiger partial charge in [-0.1, -0.05) is 146 Å². The van der Waals surface area contributed by atoms with E-state index >= 15 is 0 Å². The number of aromatic nitrogens is 2. The first kappa shape index (κ1) is 31.9. The lowest BCUT2D eigenvalue weighted by molar-refractivity contribution is 0.572. The second-order valence-electron chi connectivity index (χ2n) is 15.2. The molecule has 3 heteroatoms. The van der Waals surface area contributed by atoms with Crippen LogP contribution in [-0.4, -0.2) is 9.13 Å². The zero-order chi connectivity index (χ0) is 37.5. The van der Waals surface area contributed by atoms with Gasteiger partial charge in [0.25, 0.3) is 0 Å². The molecule has 1 aliphatic carbocycles. The summed E-state index contributed by atoms with van der Waals surface area (Å²) in [5, 5.41) is 7.31. The van der Waals surface area contributed by atoms with Crippen molar-refractivity contribution >= 4 is 66.7 Å². The highest BCUT2D eigenvalue weighted by Gasteiger charge is 2.21. The van der Waals surface area contributed by atoms with Gasteiger partial charge in [0.15, 0.2) is 0 Å². The number of hydrogen-bond acceptors (Lipinski definition) is 1.